The highest BCUT2D eigenvalue weighted by molar-refractivity contribution is 7.08. The third kappa shape index (κ3) is 2.11. The van der Waals surface area contributed by atoms with Crippen LogP contribution in [0.3, 0.4) is 0 Å². The minimum absolute atomic E-state index is 0.0906. The molecule has 4 heteroatoms. The van der Waals surface area contributed by atoms with Crippen molar-refractivity contribution in [2.45, 2.75) is 44.6 Å². The van der Waals surface area contributed by atoms with Crippen molar-refractivity contribution in [3.8, 4) is 0 Å². The molecule has 1 saturated carbocycles. The Morgan fingerprint density at radius 2 is 2.13 bits per heavy atom. The zero-order valence-electron chi connectivity index (χ0n) is 8.95. The van der Waals surface area contributed by atoms with E-state index in [0.29, 0.717) is 0 Å². The van der Waals surface area contributed by atoms with Crippen LogP contribution in [-0.2, 0) is 0 Å². The van der Waals surface area contributed by atoms with E-state index in [4.69, 9.17) is 5.73 Å². The number of aromatic nitrogens is 1. The number of hydrogen-bond acceptors (Lipinski definition) is 4. The number of hydrogen-bond donors (Lipinski definition) is 1. The van der Waals surface area contributed by atoms with Crippen molar-refractivity contribution in [2.75, 3.05) is 0 Å². The third-order valence-electron chi connectivity index (χ3n) is 3.05. The van der Waals surface area contributed by atoms with Crippen LogP contribution in [0.4, 0.5) is 0 Å². The van der Waals surface area contributed by atoms with Crippen molar-refractivity contribution in [3.05, 3.63) is 16.6 Å². The molecule has 0 aromatic carbocycles. The van der Waals surface area contributed by atoms with Gasteiger partial charge in [0.15, 0.2) is 5.78 Å². The first-order chi connectivity index (χ1) is 7.12. The molecule has 0 atom stereocenters. The maximum Gasteiger partial charge on any atom is 0.194 e. The van der Waals surface area contributed by atoms with Gasteiger partial charge in [0.05, 0.1) is 16.1 Å². The Balaban J connectivity index is 2.19. The van der Waals surface area contributed by atoms with Gasteiger partial charge >= 0.3 is 0 Å². The average molecular weight is 224 g/mol. The summed E-state index contributed by atoms with van der Waals surface area (Å²) in [6.45, 7) is 1.90. The number of rotatable bonds is 2. The Labute approximate surface area is 93.8 Å². The Morgan fingerprint density at radius 1 is 1.47 bits per heavy atom. The molecular formula is C11H16N2OS. The van der Waals surface area contributed by atoms with Gasteiger partial charge in [0.25, 0.3) is 0 Å². The lowest BCUT2D eigenvalue weighted by Crippen LogP contribution is -2.49. The molecule has 1 fully saturated rings. The lowest BCUT2D eigenvalue weighted by atomic mass is 9.79. The second kappa shape index (κ2) is 4.02. The molecule has 3 nitrogen and oxygen atoms in total. The van der Waals surface area contributed by atoms with Crippen molar-refractivity contribution in [1.29, 1.82) is 0 Å². The van der Waals surface area contributed by atoms with Crippen LogP contribution in [0.15, 0.2) is 6.07 Å². The van der Waals surface area contributed by atoms with Crippen LogP contribution in [0.5, 0.6) is 0 Å². The second-order valence-corrected chi connectivity index (χ2v) is 5.18. The molecule has 0 bridgehead atoms. The number of nitrogens with zero attached hydrogens (tertiary/aromatic N) is 1. The predicted molar refractivity (Wildman–Crippen MR) is 61.2 cm³/mol. The Bertz CT molecular complexity index is 366. The highest BCUT2D eigenvalue weighted by Gasteiger charge is 2.36. The molecule has 1 aliphatic carbocycles. The summed E-state index contributed by atoms with van der Waals surface area (Å²) in [6.07, 6.45) is 4.99. The number of carbonyl (C=O) groups is 1. The van der Waals surface area contributed by atoms with Crippen LogP contribution < -0.4 is 5.73 Å². The van der Waals surface area contributed by atoms with Crippen LogP contribution in [-0.4, -0.2) is 15.7 Å². The molecule has 1 heterocycles. The van der Waals surface area contributed by atoms with Gasteiger partial charge in [-0.15, -0.1) is 0 Å². The van der Waals surface area contributed by atoms with Crippen LogP contribution >= 0.6 is 11.5 Å². The molecule has 0 saturated heterocycles. The summed E-state index contributed by atoms with van der Waals surface area (Å²) < 4.78 is 4.13. The number of ketones is 1. The summed E-state index contributed by atoms with van der Waals surface area (Å²) in [5, 5.41) is 0. The van der Waals surface area contributed by atoms with E-state index in [-0.39, 0.29) is 5.78 Å². The Hall–Kier alpha value is -0.740. The highest BCUT2D eigenvalue weighted by Crippen LogP contribution is 2.30. The third-order valence-corrected chi connectivity index (χ3v) is 3.93. The summed E-state index contributed by atoms with van der Waals surface area (Å²) >= 11 is 1.27. The van der Waals surface area contributed by atoms with Crippen molar-refractivity contribution in [1.82, 2.24) is 4.37 Å². The fourth-order valence-corrected chi connectivity index (χ4v) is 2.93. The van der Waals surface area contributed by atoms with Crippen molar-refractivity contribution in [2.24, 2.45) is 5.73 Å². The molecule has 1 aromatic heterocycles. The summed E-state index contributed by atoms with van der Waals surface area (Å²) in [4.78, 5) is 12.9. The van der Waals surface area contributed by atoms with E-state index >= 15 is 0 Å². The van der Waals surface area contributed by atoms with Gasteiger partial charge in [-0.2, -0.15) is 4.37 Å². The largest absolute Gasteiger partial charge is 0.319 e. The number of aryl methyl sites for hydroxylation is 1. The van der Waals surface area contributed by atoms with Gasteiger partial charge in [0, 0.05) is 0 Å². The molecule has 1 aromatic rings. The summed E-state index contributed by atoms with van der Waals surface area (Å²) in [5.41, 5.74) is 6.46. The summed E-state index contributed by atoms with van der Waals surface area (Å²) in [6, 6.07) is 1.84. The summed E-state index contributed by atoms with van der Waals surface area (Å²) in [5.74, 6) is 0.0906. The molecule has 0 amide bonds. The van der Waals surface area contributed by atoms with E-state index in [9.17, 15) is 4.79 Å². The SMILES string of the molecule is Cc1cc(C(=O)C2(N)CCCCC2)sn1. The molecule has 0 radical (unpaired) electrons. The number of Topliss-reactive ketones (excluding diaryl/α,β-unsaturated/α-hetero) is 1. The van der Waals surface area contributed by atoms with E-state index in [0.717, 1.165) is 36.3 Å². The first-order valence-corrected chi connectivity index (χ1v) is 6.16. The van der Waals surface area contributed by atoms with Gasteiger partial charge in [0.2, 0.25) is 0 Å². The Morgan fingerprint density at radius 3 is 2.67 bits per heavy atom. The fourth-order valence-electron chi connectivity index (χ4n) is 2.13. The first-order valence-electron chi connectivity index (χ1n) is 5.39. The standard InChI is InChI=1S/C11H16N2OS/c1-8-7-9(15-13-8)10(14)11(12)5-3-2-4-6-11/h7H,2-6,12H2,1H3. The van der Waals surface area contributed by atoms with Crippen LogP contribution in [0, 0.1) is 6.92 Å². The van der Waals surface area contributed by atoms with Gasteiger partial charge in [0.1, 0.15) is 0 Å². The van der Waals surface area contributed by atoms with Crippen LogP contribution in [0.25, 0.3) is 0 Å². The molecule has 1 aliphatic rings. The van der Waals surface area contributed by atoms with Gasteiger partial charge in [-0.05, 0) is 37.4 Å². The Kier molecular flexibility index (Phi) is 2.89. The van der Waals surface area contributed by atoms with Gasteiger partial charge < -0.3 is 5.73 Å². The van der Waals surface area contributed by atoms with E-state index in [1.807, 2.05) is 13.0 Å². The molecule has 0 aliphatic heterocycles. The maximum atomic E-state index is 12.2. The highest BCUT2D eigenvalue weighted by atomic mass is 32.1. The molecule has 2 rings (SSSR count). The monoisotopic (exact) mass is 224 g/mol. The second-order valence-electron chi connectivity index (χ2n) is 4.38. The quantitative estimate of drug-likeness (QED) is 0.784. The van der Waals surface area contributed by atoms with E-state index in [2.05, 4.69) is 4.37 Å². The molecule has 15 heavy (non-hydrogen) atoms. The van der Waals surface area contributed by atoms with Crippen LogP contribution in [0.1, 0.15) is 47.5 Å². The normalized spacial score (nSPS) is 20.1. The van der Waals surface area contributed by atoms with Gasteiger partial charge in [-0.3, -0.25) is 4.79 Å². The number of carbonyl (C=O) groups excluding carboxylic acids is 1. The van der Waals surface area contributed by atoms with Crippen molar-refractivity contribution < 1.29 is 4.79 Å². The molecule has 2 N–H and O–H groups in total. The fraction of sp³-hybridized carbons (Fsp3) is 0.636. The minimum Gasteiger partial charge on any atom is -0.319 e. The molecule has 0 spiro atoms. The van der Waals surface area contributed by atoms with Crippen molar-refractivity contribution >= 4 is 17.3 Å². The first kappa shape index (κ1) is 10.8. The lowest BCUT2D eigenvalue weighted by molar-refractivity contribution is 0.0852. The zero-order chi connectivity index (χ0) is 10.9. The average Bonchev–Trinajstić information content (AvgIpc) is 2.65. The minimum atomic E-state index is -0.614. The van der Waals surface area contributed by atoms with E-state index in [1.54, 1.807) is 0 Å². The van der Waals surface area contributed by atoms with E-state index < -0.39 is 5.54 Å². The van der Waals surface area contributed by atoms with Gasteiger partial charge in [-0.25, -0.2) is 0 Å². The predicted octanol–water partition coefficient (Wildman–Crippen LogP) is 2.30. The van der Waals surface area contributed by atoms with Crippen LogP contribution in [0.2, 0.25) is 0 Å². The molecule has 0 unspecified atom stereocenters. The zero-order valence-corrected chi connectivity index (χ0v) is 9.77. The maximum absolute atomic E-state index is 12.2. The van der Waals surface area contributed by atoms with E-state index in [1.165, 1.54) is 18.0 Å². The smallest absolute Gasteiger partial charge is 0.194 e. The lowest BCUT2D eigenvalue weighted by Gasteiger charge is -2.31. The van der Waals surface area contributed by atoms with Crippen molar-refractivity contribution in [3.63, 3.8) is 0 Å². The number of nitrogens with two attached hydrogens (primary N) is 1. The molecular weight excluding hydrogens is 208 g/mol. The molecule has 82 valence electrons. The van der Waals surface area contributed by atoms with Gasteiger partial charge in [-0.1, -0.05) is 19.3 Å². The topological polar surface area (TPSA) is 56.0 Å². The summed E-state index contributed by atoms with van der Waals surface area (Å²) in [7, 11) is 0.